The summed E-state index contributed by atoms with van der Waals surface area (Å²) in [6.45, 7) is 1.82. The molecule has 0 atom stereocenters. The van der Waals surface area contributed by atoms with Gasteiger partial charge in [-0.05, 0) is 0 Å². The zero-order valence-corrected chi connectivity index (χ0v) is 8.27. The Bertz CT molecular complexity index is 215. The fraction of sp³-hybridized carbons (Fsp3) is 0.400. The molecule has 1 aromatic rings. The summed E-state index contributed by atoms with van der Waals surface area (Å²) in [5.41, 5.74) is 0.667. The molecule has 0 saturated heterocycles. The smallest absolute Gasteiger partial charge is 0.0833 e. The number of H-pyrrole nitrogens is 1. The summed E-state index contributed by atoms with van der Waals surface area (Å²) in [7, 11) is 1.77. The van der Waals surface area contributed by atoms with E-state index in [1.54, 1.807) is 11.7 Å². The monoisotopic (exact) mass is 200 g/mol. The molecular weight excluding hydrogens is 193 g/mol. The fourth-order valence-electron chi connectivity index (χ4n) is 0.512. The third-order valence-electron chi connectivity index (χ3n) is 1.07. The third-order valence-corrected chi connectivity index (χ3v) is 1.07. The number of nitrogens with zero attached hydrogens (tertiary/aromatic N) is 1. The maximum absolute atomic E-state index is 10.4. The van der Waals surface area contributed by atoms with Crippen LogP contribution in [0.15, 0.2) is 4.79 Å². The van der Waals surface area contributed by atoms with Gasteiger partial charge in [-0.3, -0.25) is 5.10 Å². The molecule has 0 aliphatic carbocycles. The zero-order chi connectivity index (χ0) is 6.15. The van der Waals surface area contributed by atoms with E-state index in [1.807, 2.05) is 6.92 Å². The molecule has 0 bridgehead atoms. The van der Waals surface area contributed by atoms with Gasteiger partial charge in [0.2, 0.25) is 0 Å². The Morgan fingerprint density at radius 3 is 2.33 bits per heavy atom. The molecule has 0 aliphatic rings. The first kappa shape index (κ1) is 9.11. The van der Waals surface area contributed by atoms with Gasteiger partial charge in [0.25, 0.3) is 0 Å². The predicted octanol–water partition coefficient (Wildman–Crippen LogP) is -0.180. The van der Waals surface area contributed by atoms with Crippen LogP contribution in [0.25, 0.3) is 0 Å². The summed E-state index contributed by atoms with van der Waals surface area (Å²) in [6, 6.07) is 2.56. The minimum Gasteiger partial charge on any atom is -0.380 e. The van der Waals surface area contributed by atoms with Crippen LogP contribution in [0.3, 0.4) is 0 Å². The second-order valence-corrected chi connectivity index (χ2v) is 1.71. The van der Waals surface area contributed by atoms with Crippen molar-refractivity contribution in [3.63, 3.8) is 0 Å². The van der Waals surface area contributed by atoms with E-state index in [2.05, 4.69) is 11.2 Å². The molecule has 3 nitrogen and oxygen atoms in total. The van der Waals surface area contributed by atoms with Crippen molar-refractivity contribution in [2.75, 3.05) is 0 Å². The molecule has 1 radical (unpaired) electrons. The molecule has 4 heteroatoms. The molecule has 0 unspecified atom stereocenters. The minimum absolute atomic E-state index is 0. The van der Waals surface area contributed by atoms with E-state index >= 15 is 0 Å². The molecule has 47 valence electrons. The maximum Gasteiger partial charge on any atom is 0.0833 e. The Labute approximate surface area is 78.3 Å². The first-order valence-corrected chi connectivity index (χ1v) is 2.35. The maximum atomic E-state index is 10.4. The van der Waals surface area contributed by atoms with Crippen molar-refractivity contribution in [2.45, 2.75) is 6.92 Å². The summed E-state index contributed by atoms with van der Waals surface area (Å²) >= 11 is 0. The normalized spacial score (nSPS) is 8.67. The number of aryl methyl sites for hydroxylation is 2. The third kappa shape index (κ3) is 2.07. The number of nitrogens with one attached hydrogen (secondary N) is 1. The van der Waals surface area contributed by atoms with Gasteiger partial charge in [-0.25, -0.2) is 0 Å². The van der Waals surface area contributed by atoms with Gasteiger partial charge in [0.1, 0.15) is 0 Å². The van der Waals surface area contributed by atoms with E-state index < -0.39 is 0 Å². The molecule has 0 amide bonds. The average Bonchev–Trinajstić information content (AvgIpc) is 1.85. The zero-order valence-electron chi connectivity index (χ0n) is 5.43. The van der Waals surface area contributed by atoms with E-state index in [0.717, 1.165) is 5.69 Å². The number of rotatable bonds is 0. The summed E-state index contributed by atoms with van der Waals surface area (Å²) in [5, 5.41) is 2.51. The van der Waals surface area contributed by atoms with E-state index in [9.17, 15) is 4.79 Å². The van der Waals surface area contributed by atoms with Crippen LogP contribution in [-0.2, 0) is 39.8 Å². The molecule has 9 heavy (non-hydrogen) atoms. The molecule has 0 saturated carbocycles. The van der Waals surface area contributed by atoms with Gasteiger partial charge in [0.05, 0.1) is 5.56 Å². The van der Waals surface area contributed by atoms with E-state index in [4.69, 9.17) is 0 Å². The van der Waals surface area contributed by atoms with Crippen molar-refractivity contribution in [3.8, 4) is 0 Å². The van der Waals surface area contributed by atoms with E-state index in [-0.39, 0.29) is 38.3 Å². The first-order chi connectivity index (χ1) is 3.70. The Hall–Kier alpha value is 0.114. The van der Waals surface area contributed by atoms with Crippen LogP contribution in [0, 0.1) is 13.0 Å². The summed E-state index contributed by atoms with van der Waals surface area (Å²) < 4.78 is 1.63. The minimum atomic E-state index is -0.162. The SMILES string of the molecule is Cc1[c-]c(=O)[nH]n1C.[Y]. The largest absolute Gasteiger partial charge is 0.380 e. The van der Waals surface area contributed by atoms with Gasteiger partial charge in [0, 0.05) is 39.8 Å². The van der Waals surface area contributed by atoms with Crippen LogP contribution in [0.5, 0.6) is 0 Å². The Morgan fingerprint density at radius 1 is 1.67 bits per heavy atom. The quantitative estimate of drug-likeness (QED) is 0.579. The van der Waals surface area contributed by atoms with Gasteiger partial charge in [-0.15, -0.1) is 5.69 Å². The molecule has 0 aromatic carbocycles. The van der Waals surface area contributed by atoms with Crippen molar-refractivity contribution in [3.05, 3.63) is 22.1 Å². The van der Waals surface area contributed by atoms with Crippen LogP contribution >= 0.6 is 0 Å². The summed E-state index contributed by atoms with van der Waals surface area (Å²) in [4.78, 5) is 10.4. The number of hydrogen-bond donors (Lipinski definition) is 1. The molecule has 1 rings (SSSR count). The van der Waals surface area contributed by atoms with Crippen LogP contribution < -0.4 is 5.56 Å². The molecule has 1 heterocycles. The summed E-state index contributed by atoms with van der Waals surface area (Å²) in [5.74, 6) is 0. The Kier molecular flexibility index (Phi) is 3.37. The number of aromatic amines is 1. The van der Waals surface area contributed by atoms with Gasteiger partial charge in [0.15, 0.2) is 0 Å². The molecule has 0 fully saturated rings. The molecular formula is C5H7N2OY-. The van der Waals surface area contributed by atoms with Crippen molar-refractivity contribution in [1.29, 1.82) is 0 Å². The van der Waals surface area contributed by atoms with Crippen LogP contribution in [0.1, 0.15) is 5.69 Å². The molecule has 1 N–H and O–H groups in total. The van der Waals surface area contributed by atoms with Crippen molar-refractivity contribution < 1.29 is 32.7 Å². The Balaban J connectivity index is 0.000000640. The second-order valence-electron chi connectivity index (χ2n) is 1.71. The standard InChI is InChI=1S/C5H7N2O.Y/c1-4-3-5(8)6-7(4)2;/h1-2H3,(H,6,8);/q-1;. The average molecular weight is 200 g/mol. The van der Waals surface area contributed by atoms with E-state index in [0.29, 0.717) is 0 Å². The molecule has 0 spiro atoms. The first-order valence-electron chi connectivity index (χ1n) is 2.35. The topological polar surface area (TPSA) is 37.8 Å². The van der Waals surface area contributed by atoms with Crippen molar-refractivity contribution >= 4 is 0 Å². The fourth-order valence-corrected chi connectivity index (χ4v) is 0.512. The van der Waals surface area contributed by atoms with Crippen molar-refractivity contribution in [1.82, 2.24) is 9.78 Å². The summed E-state index contributed by atoms with van der Waals surface area (Å²) in [6.07, 6.45) is 0. The number of aromatic nitrogens is 2. The number of hydrogen-bond acceptors (Lipinski definition) is 1. The van der Waals surface area contributed by atoms with E-state index in [1.165, 1.54) is 0 Å². The van der Waals surface area contributed by atoms with Gasteiger partial charge in [-0.2, -0.15) is 0 Å². The van der Waals surface area contributed by atoms with Crippen molar-refractivity contribution in [2.24, 2.45) is 7.05 Å². The van der Waals surface area contributed by atoms with Crippen LogP contribution in [-0.4, -0.2) is 9.78 Å². The van der Waals surface area contributed by atoms with Gasteiger partial charge < -0.3 is 15.5 Å². The van der Waals surface area contributed by atoms with Crippen LogP contribution in [0.2, 0.25) is 0 Å². The van der Waals surface area contributed by atoms with Gasteiger partial charge in [-0.1, -0.05) is 6.92 Å². The predicted molar refractivity (Wildman–Crippen MR) is 29.6 cm³/mol. The molecule has 1 aromatic heterocycles. The second kappa shape index (κ2) is 3.32. The van der Waals surface area contributed by atoms with Gasteiger partial charge >= 0.3 is 0 Å². The Morgan fingerprint density at radius 2 is 2.22 bits per heavy atom. The molecule has 0 aliphatic heterocycles. The van der Waals surface area contributed by atoms with Crippen LogP contribution in [0.4, 0.5) is 0 Å².